The third kappa shape index (κ3) is 1.16. The zero-order valence-corrected chi connectivity index (χ0v) is 9.28. The van der Waals surface area contributed by atoms with E-state index in [9.17, 15) is 9.90 Å². The zero-order valence-electron chi connectivity index (χ0n) is 8.52. The van der Waals surface area contributed by atoms with Crippen molar-refractivity contribution in [3.05, 3.63) is 34.9 Å². The van der Waals surface area contributed by atoms with Crippen LogP contribution in [0.15, 0.2) is 24.3 Å². The van der Waals surface area contributed by atoms with E-state index >= 15 is 0 Å². The van der Waals surface area contributed by atoms with Crippen LogP contribution in [0, 0.1) is 5.92 Å². The highest BCUT2D eigenvalue weighted by Gasteiger charge is 2.64. The molecule has 1 saturated carbocycles. The molecule has 3 unspecified atom stereocenters. The summed E-state index contributed by atoms with van der Waals surface area (Å²) in [5, 5.41) is 9.84. The van der Waals surface area contributed by atoms with Gasteiger partial charge in [0.05, 0.1) is 18.6 Å². The van der Waals surface area contributed by atoms with E-state index in [-0.39, 0.29) is 11.5 Å². The van der Waals surface area contributed by atoms with Gasteiger partial charge in [0.25, 0.3) is 0 Å². The number of ether oxygens (including phenoxy) is 1. The number of carbonyl (C=O) groups is 1. The molecule has 4 heteroatoms. The van der Waals surface area contributed by atoms with E-state index in [1.54, 1.807) is 6.07 Å². The molecule has 16 heavy (non-hydrogen) atoms. The first-order valence-electron chi connectivity index (χ1n) is 5.24. The van der Waals surface area contributed by atoms with Gasteiger partial charge in [0, 0.05) is 10.4 Å². The molecular formula is C12H11ClO3. The number of aliphatic carboxylic acids is 1. The van der Waals surface area contributed by atoms with Crippen LogP contribution < -0.4 is 0 Å². The Morgan fingerprint density at radius 2 is 2.38 bits per heavy atom. The van der Waals surface area contributed by atoms with Crippen molar-refractivity contribution in [1.29, 1.82) is 0 Å². The SMILES string of the molecule is O=C(O)C1C2CC1(c1cccc(Cl)c1)CO2. The lowest BCUT2D eigenvalue weighted by Crippen LogP contribution is -2.52. The molecule has 2 heterocycles. The Bertz CT molecular complexity index is 455. The minimum atomic E-state index is -0.770. The maximum absolute atomic E-state index is 11.2. The highest BCUT2D eigenvalue weighted by molar-refractivity contribution is 6.30. The van der Waals surface area contributed by atoms with Crippen molar-refractivity contribution in [2.75, 3.05) is 6.61 Å². The second-order valence-corrected chi connectivity index (χ2v) is 4.97. The number of fused-ring (bicyclic) bond motifs is 1. The molecule has 4 rings (SSSR count). The number of hydrogen-bond acceptors (Lipinski definition) is 2. The second kappa shape index (κ2) is 3.22. The highest BCUT2D eigenvalue weighted by atomic mass is 35.5. The van der Waals surface area contributed by atoms with Crippen molar-refractivity contribution < 1.29 is 14.6 Å². The van der Waals surface area contributed by atoms with E-state index in [1.807, 2.05) is 18.2 Å². The third-order valence-electron chi connectivity index (χ3n) is 3.75. The molecule has 1 aromatic rings. The van der Waals surface area contributed by atoms with Gasteiger partial charge in [0.15, 0.2) is 0 Å². The number of benzene rings is 1. The normalized spacial score (nSPS) is 35.8. The van der Waals surface area contributed by atoms with Gasteiger partial charge in [-0.05, 0) is 24.1 Å². The monoisotopic (exact) mass is 238 g/mol. The molecule has 0 amide bonds. The number of carboxylic acids is 1. The topological polar surface area (TPSA) is 46.5 Å². The van der Waals surface area contributed by atoms with Crippen LogP contribution in [-0.4, -0.2) is 23.8 Å². The first-order chi connectivity index (χ1) is 7.63. The van der Waals surface area contributed by atoms with Gasteiger partial charge in [-0.1, -0.05) is 23.7 Å². The van der Waals surface area contributed by atoms with Crippen molar-refractivity contribution in [3.8, 4) is 0 Å². The highest BCUT2D eigenvalue weighted by Crippen LogP contribution is 2.56. The summed E-state index contributed by atoms with van der Waals surface area (Å²) in [6.07, 6.45) is 0.682. The average molecular weight is 239 g/mol. The quantitative estimate of drug-likeness (QED) is 0.858. The molecule has 0 aromatic heterocycles. The first kappa shape index (κ1) is 10.1. The van der Waals surface area contributed by atoms with Gasteiger partial charge in [-0.2, -0.15) is 0 Å². The predicted octanol–water partition coefficient (Wildman–Crippen LogP) is 2.08. The molecule has 0 radical (unpaired) electrons. The molecule has 84 valence electrons. The van der Waals surface area contributed by atoms with Crippen molar-refractivity contribution in [1.82, 2.24) is 0 Å². The lowest BCUT2D eigenvalue weighted by atomic mass is 9.58. The van der Waals surface area contributed by atoms with Gasteiger partial charge in [0.1, 0.15) is 0 Å². The summed E-state index contributed by atoms with van der Waals surface area (Å²) in [6.45, 7) is 0.495. The summed E-state index contributed by atoms with van der Waals surface area (Å²) in [7, 11) is 0. The Labute approximate surface area is 98.0 Å². The van der Waals surface area contributed by atoms with Crippen LogP contribution >= 0.6 is 11.6 Å². The van der Waals surface area contributed by atoms with Crippen LogP contribution in [0.25, 0.3) is 0 Å². The Morgan fingerprint density at radius 3 is 3.00 bits per heavy atom. The first-order valence-corrected chi connectivity index (χ1v) is 5.62. The van der Waals surface area contributed by atoms with Crippen molar-refractivity contribution >= 4 is 17.6 Å². The molecule has 2 saturated heterocycles. The van der Waals surface area contributed by atoms with Crippen LogP contribution in [-0.2, 0) is 14.9 Å². The van der Waals surface area contributed by atoms with Gasteiger partial charge in [-0.15, -0.1) is 0 Å². The fourth-order valence-electron chi connectivity index (χ4n) is 2.93. The predicted molar refractivity (Wildman–Crippen MR) is 58.6 cm³/mol. The van der Waals surface area contributed by atoms with E-state index in [0.29, 0.717) is 11.6 Å². The van der Waals surface area contributed by atoms with Crippen LogP contribution in [0.3, 0.4) is 0 Å². The molecule has 3 atom stereocenters. The van der Waals surface area contributed by atoms with Crippen molar-refractivity contribution in [3.63, 3.8) is 0 Å². The lowest BCUT2D eigenvalue weighted by Gasteiger charge is -2.42. The largest absolute Gasteiger partial charge is 0.481 e. The van der Waals surface area contributed by atoms with E-state index in [0.717, 1.165) is 12.0 Å². The van der Waals surface area contributed by atoms with Gasteiger partial charge >= 0.3 is 5.97 Å². The average Bonchev–Trinajstić information content (AvgIpc) is 2.74. The van der Waals surface area contributed by atoms with Crippen LogP contribution in [0.4, 0.5) is 0 Å². The zero-order chi connectivity index (χ0) is 11.3. The van der Waals surface area contributed by atoms with Crippen molar-refractivity contribution in [2.45, 2.75) is 17.9 Å². The van der Waals surface area contributed by atoms with Crippen molar-refractivity contribution in [2.24, 2.45) is 5.92 Å². The van der Waals surface area contributed by atoms with Gasteiger partial charge < -0.3 is 9.84 Å². The van der Waals surface area contributed by atoms with E-state index in [4.69, 9.17) is 16.3 Å². The number of halogens is 1. The van der Waals surface area contributed by atoms with E-state index in [1.165, 1.54) is 0 Å². The number of hydrogen-bond donors (Lipinski definition) is 1. The lowest BCUT2D eigenvalue weighted by molar-refractivity contribution is -0.150. The Morgan fingerprint density at radius 1 is 1.56 bits per heavy atom. The maximum atomic E-state index is 11.2. The minimum Gasteiger partial charge on any atom is -0.481 e. The molecule has 2 aliphatic heterocycles. The summed E-state index contributed by atoms with van der Waals surface area (Å²) in [5.41, 5.74) is 0.641. The maximum Gasteiger partial charge on any atom is 0.310 e. The van der Waals surface area contributed by atoms with Gasteiger partial charge in [-0.25, -0.2) is 0 Å². The fraction of sp³-hybridized carbons (Fsp3) is 0.417. The molecule has 1 N–H and O–H groups in total. The molecule has 1 aliphatic carbocycles. The van der Waals surface area contributed by atoms with Gasteiger partial charge in [0.2, 0.25) is 0 Å². The number of rotatable bonds is 2. The summed E-state index contributed by atoms with van der Waals surface area (Å²) >= 11 is 5.94. The third-order valence-corrected chi connectivity index (χ3v) is 3.99. The van der Waals surface area contributed by atoms with Crippen LogP contribution in [0.2, 0.25) is 5.02 Å². The smallest absolute Gasteiger partial charge is 0.310 e. The molecule has 0 spiro atoms. The van der Waals surface area contributed by atoms with E-state index < -0.39 is 11.9 Å². The number of carboxylic acid groups (broad SMARTS) is 1. The molecule has 2 bridgehead atoms. The van der Waals surface area contributed by atoms with Gasteiger partial charge in [-0.3, -0.25) is 4.79 Å². The fourth-order valence-corrected chi connectivity index (χ4v) is 3.12. The molecule has 3 fully saturated rings. The Kier molecular flexibility index (Phi) is 2.03. The Hall–Kier alpha value is -1.06. The summed E-state index contributed by atoms with van der Waals surface area (Å²) in [5.74, 6) is -1.18. The molecule has 1 aromatic carbocycles. The van der Waals surface area contributed by atoms with E-state index in [2.05, 4.69) is 0 Å². The summed E-state index contributed by atoms with van der Waals surface area (Å²) < 4.78 is 5.47. The summed E-state index contributed by atoms with van der Waals surface area (Å²) in [4.78, 5) is 11.2. The molecule has 3 aliphatic rings. The standard InChI is InChI=1S/C12H11ClO3/c13-8-3-1-2-7(4-8)12-5-9(16-6-12)10(12)11(14)15/h1-4,9-10H,5-6H2,(H,14,15). The Balaban J connectivity index is 2.03. The molecular weight excluding hydrogens is 228 g/mol. The minimum absolute atomic E-state index is 0.114. The summed E-state index contributed by atoms with van der Waals surface area (Å²) in [6, 6.07) is 7.44. The van der Waals surface area contributed by atoms with Crippen LogP contribution in [0.1, 0.15) is 12.0 Å². The van der Waals surface area contributed by atoms with Crippen LogP contribution in [0.5, 0.6) is 0 Å². The second-order valence-electron chi connectivity index (χ2n) is 4.54. The molecule has 3 nitrogen and oxygen atoms in total.